The molecule has 1 atom stereocenters. The monoisotopic (exact) mass is 381 g/mol. The van der Waals surface area contributed by atoms with Gasteiger partial charge in [0.15, 0.2) is 0 Å². The molecule has 27 heavy (non-hydrogen) atoms. The number of alkyl halides is 3. The SMILES string of the molecule is O=C(Nc1ccc(C(F)(F)F)cc1)N[C@H]1CC(=O)N(c2ccc(F)cc2)C1. The van der Waals surface area contributed by atoms with Crippen molar-refractivity contribution < 1.29 is 27.2 Å². The second-order valence-electron chi connectivity index (χ2n) is 6.06. The molecule has 1 saturated heterocycles. The summed E-state index contributed by atoms with van der Waals surface area (Å²) in [5, 5.41) is 5.03. The Morgan fingerprint density at radius 3 is 2.26 bits per heavy atom. The van der Waals surface area contributed by atoms with Crippen LogP contribution in [-0.2, 0) is 11.0 Å². The summed E-state index contributed by atoms with van der Waals surface area (Å²) in [6, 6.07) is 8.33. The Balaban J connectivity index is 1.57. The lowest BCUT2D eigenvalue weighted by Crippen LogP contribution is -2.39. The van der Waals surface area contributed by atoms with Gasteiger partial charge in [-0.15, -0.1) is 0 Å². The normalized spacial score (nSPS) is 17.1. The summed E-state index contributed by atoms with van der Waals surface area (Å²) in [5.74, 6) is -0.641. The molecule has 142 valence electrons. The number of halogens is 4. The first-order valence-corrected chi connectivity index (χ1v) is 8.03. The molecule has 1 aliphatic rings. The number of carbonyl (C=O) groups excluding carboxylic acids is 2. The van der Waals surface area contributed by atoms with Crippen LogP contribution in [0.3, 0.4) is 0 Å². The first kappa shape index (κ1) is 18.7. The van der Waals surface area contributed by atoms with E-state index >= 15 is 0 Å². The average molecular weight is 381 g/mol. The molecular weight excluding hydrogens is 366 g/mol. The molecule has 3 amide bonds. The van der Waals surface area contributed by atoms with Gasteiger partial charge in [0.05, 0.1) is 11.6 Å². The highest BCUT2D eigenvalue weighted by molar-refractivity contribution is 5.97. The van der Waals surface area contributed by atoms with Gasteiger partial charge in [-0.3, -0.25) is 4.79 Å². The Morgan fingerprint density at radius 2 is 1.67 bits per heavy atom. The van der Waals surface area contributed by atoms with Crippen LogP contribution in [-0.4, -0.2) is 24.5 Å². The Bertz CT molecular complexity index is 835. The van der Waals surface area contributed by atoms with Gasteiger partial charge in [0.25, 0.3) is 0 Å². The van der Waals surface area contributed by atoms with E-state index in [4.69, 9.17) is 0 Å². The van der Waals surface area contributed by atoms with E-state index in [-0.39, 0.29) is 24.6 Å². The standard InChI is InChI=1S/C18H15F4N3O2/c19-12-3-7-15(8-4-12)25-10-14(9-16(25)26)24-17(27)23-13-5-1-11(2-6-13)18(20,21)22/h1-8,14H,9-10H2,(H2,23,24,27)/t14-/m0/s1. The number of nitrogens with one attached hydrogen (secondary N) is 2. The van der Waals surface area contributed by atoms with Crippen molar-refractivity contribution in [2.75, 3.05) is 16.8 Å². The van der Waals surface area contributed by atoms with E-state index in [1.165, 1.54) is 29.2 Å². The fourth-order valence-corrected chi connectivity index (χ4v) is 2.77. The summed E-state index contributed by atoms with van der Waals surface area (Å²) in [7, 11) is 0. The van der Waals surface area contributed by atoms with Crippen LogP contribution in [0.25, 0.3) is 0 Å². The van der Waals surface area contributed by atoms with Crippen molar-refractivity contribution in [3.05, 3.63) is 59.9 Å². The molecule has 0 aromatic heterocycles. The predicted octanol–water partition coefficient (Wildman–Crippen LogP) is 3.77. The summed E-state index contributed by atoms with van der Waals surface area (Å²) in [6.45, 7) is 0.213. The number of hydrogen-bond donors (Lipinski definition) is 2. The van der Waals surface area contributed by atoms with Crippen molar-refractivity contribution in [2.45, 2.75) is 18.6 Å². The number of hydrogen-bond acceptors (Lipinski definition) is 2. The van der Waals surface area contributed by atoms with Crippen molar-refractivity contribution >= 4 is 23.3 Å². The third-order valence-corrected chi connectivity index (χ3v) is 4.07. The van der Waals surface area contributed by atoms with E-state index < -0.39 is 29.6 Å². The second-order valence-corrected chi connectivity index (χ2v) is 6.06. The summed E-state index contributed by atoms with van der Waals surface area (Å²) in [6.07, 6.45) is -4.38. The van der Waals surface area contributed by atoms with Gasteiger partial charge in [-0.05, 0) is 48.5 Å². The smallest absolute Gasteiger partial charge is 0.333 e. The number of rotatable bonds is 3. The lowest BCUT2D eigenvalue weighted by atomic mass is 10.2. The van der Waals surface area contributed by atoms with Crippen molar-refractivity contribution in [3.63, 3.8) is 0 Å². The minimum absolute atomic E-state index is 0.0673. The summed E-state index contributed by atoms with van der Waals surface area (Å²) < 4.78 is 50.6. The van der Waals surface area contributed by atoms with Crippen LogP contribution < -0.4 is 15.5 Å². The predicted molar refractivity (Wildman–Crippen MR) is 90.8 cm³/mol. The molecular formula is C18H15F4N3O2. The molecule has 3 rings (SSSR count). The van der Waals surface area contributed by atoms with Crippen molar-refractivity contribution in [1.82, 2.24) is 5.32 Å². The minimum atomic E-state index is -4.45. The van der Waals surface area contributed by atoms with Crippen molar-refractivity contribution in [2.24, 2.45) is 0 Å². The lowest BCUT2D eigenvalue weighted by Gasteiger charge is -2.17. The second kappa shape index (κ2) is 7.26. The number of benzene rings is 2. The molecule has 9 heteroatoms. The van der Waals surface area contributed by atoms with E-state index in [1.54, 1.807) is 0 Å². The maximum absolute atomic E-state index is 13.0. The summed E-state index contributed by atoms with van der Waals surface area (Å²) >= 11 is 0. The van der Waals surface area contributed by atoms with E-state index in [0.29, 0.717) is 5.69 Å². The molecule has 0 radical (unpaired) electrons. The van der Waals surface area contributed by atoms with Crippen LogP contribution in [0.15, 0.2) is 48.5 Å². The van der Waals surface area contributed by atoms with Gasteiger partial charge in [0, 0.05) is 24.3 Å². The fraction of sp³-hybridized carbons (Fsp3) is 0.222. The molecule has 0 unspecified atom stereocenters. The summed E-state index contributed by atoms with van der Waals surface area (Å²) in [5.41, 5.74) is -0.0983. The zero-order valence-corrected chi connectivity index (χ0v) is 13.9. The molecule has 1 aliphatic heterocycles. The molecule has 1 fully saturated rings. The van der Waals surface area contributed by atoms with Crippen LogP contribution in [0.5, 0.6) is 0 Å². The van der Waals surface area contributed by atoms with Crippen LogP contribution in [0.4, 0.5) is 33.7 Å². The zero-order valence-electron chi connectivity index (χ0n) is 13.9. The Kier molecular flexibility index (Phi) is 5.02. The number of urea groups is 1. The number of anilines is 2. The first-order chi connectivity index (χ1) is 12.7. The van der Waals surface area contributed by atoms with Gasteiger partial charge in [0.2, 0.25) is 5.91 Å². The van der Waals surface area contributed by atoms with Crippen LogP contribution >= 0.6 is 0 Å². The van der Waals surface area contributed by atoms with Gasteiger partial charge in [-0.1, -0.05) is 0 Å². The quantitative estimate of drug-likeness (QED) is 0.795. The number of carbonyl (C=O) groups is 2. The Labute approximate surface area is 152 Å². The van der Waals surface area contributed by atoms with Crippen LogP contribution in [0.1, 0.15) is 12.0 Å². The van der Waals surface area contributed by atoms with Crippen LogP contribution in [0.2, 0.25) is 0 Å². The third kappa shape index (κ3) is 4.55. The van der Waals surface area contributed by atoms with E-state index in [2.05, 4.69) is 10.6 Å². The van der Waals surface area contributed by atoms with Gasteiger partial charge < -0.3 is 15.5 Å². The topological polar surface area (TPSA) is 61.4 Å². The third-order valence-electron chi connectivity index (χ3n) is 4.07. The van der Waals surface area contributed by atoms with E-state index in [9.17, 15) is 27.2 Å². The van der Waals surface area contributed by atoms with Gasteiger partial charge in [-0.25, -0.2) is 9.18 Å². The molecule has 2 N–H and O–H groups in total. The van der Waals surface area contributed by atoms with Gasteiger partial charge >= 0.3 is 12.2 Å². The summed E-state index contributed by atoms with van der Waals surface area (Å²) in [4.78, 5) is 25.5. The molecule has 0 saturated carbocycles. The average Bonchev–Trinajstić information content (AvgIpc) is 2.95. The Morgan fingerprint density at radius 1 is 1.04 bits per heavy atom. The van der Waals surface area contributed by atoms with E-state index in [1.807, 2.05) is 0 Å². The minimum Gasteiger partial charge on any atom is -0.333 e. The zero-order chi connectivity index (χ0) is 19.6. The highest BCUT2D eigenvalue weighted by Gasteiger charge is 2.32. The first-order valence-electron chi connectivity index (χ1n) is 8.03. The molecule has 2 aromatic rings. The number of nitrogens with zero attached hydrogens (tertiary/aromatic N) is 1. The van der Waals surface area contributed by atoms with Gasteiger partial charge in [-0.2, -0.15) is 13.2 Å². The maximum Gasteiger partial charge on any atom is 0.416 e. The van der Waals surface area contributed by atoms with Crippen molar-refractivity contribution in [3.8, 4) is 0 Å². The molecule has 0 bridgehead atoms. The highest BCUT2D eigenvalue weighted by Crippen LogP contribution is 2.29. The molecule has 1 heterocycles. The Hall–Kier alpha value is -3.10. The largest absolute Gasteiger partial charge is 0.416 e. The molecule has 0 aliphatic carbocycles. The fourth-order valence-electron chi connectivity index (χ4n) is 2.77. The number of amides is 3. The lowest BCUT2D eigenvalue weighted by molar-refractivity contribution is -0.137. The van der Waals surface area contributed by atoms with E-state index in [0.717, 1.165) is 24.3 Å². The molecule has 5 nitrogen and oxygen atoms in total. The molecule has 2 aromatic carbocycles. The van der Waals surface area contributed by atoms with Crippen LogP contribution in [0, 0.1) is 5.82 Å². The maximum atomic E-state index is 13.0. The molecule has 0 spiro atoms. The highest BCUT2D eigenvalue weighted by atomic mass is 19.4. The van der Waals surface area contributed by atoms with Gasteiger partial charge in [0.1, 0.15) is 5.82 Å². The van der Waals surface area contributed by atoms with Crippen molar-refractivity contribution in [1.29, 1.82) is 0 Å².